The van der Waals surface area contributed by atoms with Crippen LogP contribution in [0.25, 0.3) is 10.8 Å². The molecule has 3 aromatic carbocycles. The molecule has 0 atom stereocenters. The Morgan fingerprint density at radius 1 is 1.07 bits per heavy atom. The standard InChI is InChI=1S/C23H20N2O4/c1-3-29-23(28)16-10-11-18(14(2)12-16)24-20(26)13-25-19-9-5-7-15-6-4-8-17(21(15)19)22(25)27/h4-12H,3,13H2,1-2H3,(H,24,26). The first-order valence-electron chi connectivity index (χ1n) is 9.41. The van der Waals surface area contributed by atoms with Crippen molar-refractivity contribution < 1.29 is 19.1 Å². The third-order valence-electron chi connectivity index (χ3n) is 4.96. The highest BCUT2D eigenvalue weighted by atomic mass is 16.5. The van der Waals surface area contributed by atoms with Crippen molar-refractivity contribution in [3.63, 3.8) is 0 Å². The van der Waals surface area contributed by atoms with E-state index in [4.69, 9.17) is 4.74 Å². The predicted octanol–water partition coefficient (Wildman–Crippen LogP) is 3.92. The van der Waals surface area contributed by atoms with Gasteiger partial charge in [-0.15, -0.1) is 0 Å². The average Bonchev–Trinajstić information content (AvgIpc) is 2.98. The Hall–Kier alpha value is -3.67. The average molecular weight is 388 g/mol. The van der Waals surface area contributed by atoms with Gasteiger partial charge in [0, 0.05) is 16.6 Å². The Kier molecular flexibility index (Phi) is 4.76. The monoisotopic (exact) mass is 388 g/mol. The molecule has 0 spiro atoms. The number of rotatable bonds is 5. The summed E-state index contributed by atoms with van der Waals surface area (Å²) in [6.45, 7) is 3.76. The van der Waals surface area contributed by atoms with Crippen LogP contribution in [0.4, 0.5) is 11.4 Å². The molecule has 0 aromatic heterocycles. The quantitative estimate of drug-likeness (QED) is 0.672. The third kappa shape index (κ3) is 3.33. The predicted molar refractivity (Wildman–Crippen MR) is 111 cm³/mol. The third-order valence-corrected chi connectivity index (χ3v) is 4.96. The number of hydrogen-bond acceptors (Lipinski definition) is 4. The Balaban J connectivity index is 1.52. The van der Waals surface area contributed by atoms with Crippen molar-refractivity contribution in [2.75, 3.05) is 23.4 Å². The molecule has 1 heterocycles. The van der Waals surface area contributed by atoms with Gasteiger partial charge in [0.05, 0.1) is 17.9 Å². The van der Waals surface area contributed by atoms with E-state index < -0.39 is 5.97 Å². The van der Waals surface area contributed by atoms with Crippen molar-refractivity contribution in [1.82, 2.24) is 0 Å². The molecule has 4 rings (SSSR count). The fraction of sp³-hybridized carbons (Fsp3) is 0.174. The SMILES string of the molecule is CCOC(=O)c1ccc(NC(=O)CN2C(=O)c3cccc4cccc2c34)c(C)c1. The van der Waals surface area contributed by atoms with Crippen molar-refractivity contribution in [2.45, 2.75) is 13.8 Å². The number of anilines is 2. The van der Waals surface area contributed by atoms with E-state index in [1.54, 1.807) is 38.1 Å². The number of nitrogens with one attached hydrogen (secondary N) is 1. The van der Waals surface area contributed by atoms with Crippen LogP contribution in [-0.4, -0.2) is 30.9 Å². The molecule has 6 heteroatoms. The molecule has 0 radical (unpaired) electrons. The van der Waals surface area contributed by atoms with Crippen LogP contribution in [0.1, 0.15) is 33.2 Å². The van der Waals surface area contributed by atoms with E-state index in [1.165, 1.54) is 4.90 Å². The maximum atomic E-state index is 12.8. The van der Waals surface area contributed by atoms with Crippen molar-refractivity contribution in [3.05, 3.63) is 71.3 Å². The summed E-state index contributed by atoms with van der Waals surface area (Å²) < 4.78 is 4.99. The van der Waals surface area contributed by atoms with Gasteiger partial charge in [0.15, 0.2) is 0 Å². The van der Waals surface area contributed by atoms with Crippen LogP contribution in [-0.2, 0) is 9.53 Å². The highest BCUT2D eigenvalue weighted by Gasteiger charge is 2.30. The number of carbonyl (C=O) groups excluding carboxylic acids is 3. The number of aryl methyl sites for hydroxylation is 1. The van der Waals surface area contributed by atoms with Crippen LogP contribution in [0.5, 0.6) is 0 Å². The molecule has 0 saturated carbocycles. The van der Waals surface area contributed by atoms with Gasteiger partial charge in [0.1, 0.15) is 6.54 Å². The summed E-state index contributed by atoms with van der Waals surface area (Å²) in [5.41, 5.74) is 3.11. The lowest BCUT2D eigenvalue weighted by Crippen LogP contribution is -2.35. The van der Waals surface area contributed by atoms with Gasteiger partial charge in [0.25, 0.3) is 5.91 Å². The fourth-order valence-corrected chi connectivity index (χ4v) is 3.61. The molecule has 3 aromatic rings. The number of carbonyl (C=O) groups is 3. The first kappa shape index (κ1) is 18.7. The number of benzene rings is 3. The largest absolute Gasteiger partial charge is 0.462 e. The summed E-state index contributed by atoms with van der Waals surface area (Å²) in [5, 5.41) is 4.68. The van der Waals surface area contributed by atoms with Crippen molar-refractivity contribution in [3.8, 4) is 0 Å². The molecule has 6 nitrogen and oxygen atoms in total. The number of nitrogens with zero attached hydrogens (tertiary/aromatic N) is 1. The molecule has 1 N–H and O–H groups in total. The summed E-state index contributed by atoms with van der Waals surface area (Å²) >= 11 is 0. The number of amides is 2. The van der Waals surface area contributed by atoms with E-state index in [-0.39, 0.29) is 18.4 Å². The van der Waals surface area contributed by atoms with Crippen LogP contribution in [0.3, 0.4) is 0 Å². The molecule has 0 bridgehead atoms. The van der Waals surface area contributed by atoms with E-state index in [1.807, 2.05) is 30.3 Å². The zero-order chi connectivity index (χ0) is 20.5. The van der Waals surface area contributed by atoms with Gasteiger partial charge >= 0.3 is 5.97 Å². The van der Waals surface area contributed by atoms with Crippen LogP contribution in [0, 0.1) is 6.92 Å². The molecular weight excluding hydrogens is 368 g/mol. The Bertz CT molecular complexity index is 1150. The minimum Gasteiger partial charge on any atom is -0.462 e. The van der Waals surface area contributed by atoms with Crippen LogP contribution < -0.4 is 10.2 Å². The molecule has 2 amide bonds. The lowest BCUT2D eigenvalue weighted by atomic mass is 10.1. The number of ether oxygens (including phenoxy) is 1. The molecule has 1 aliphatic rings. The van der Waals surface area contributed by atoms with Gasteiger partial charge in [-0.05, 0) is 55.1 Å². The normalized spacial score (nSPS) is 12.3. The zero-order valence-electron chi connectivity index (χ0n) is 16.2. The zero-order valence-corrected chi connectivity index (χ0v) is 16.2. The molecule has 0 aliphatic carbocycles. The van der Waals surface area contributed by atoms with Crippen molar-refractivity contribution in [1.29, 1.82) is 0 Å². The van der Waals surface area contributed by atoms with Gasteiger partial charge in [-0.25, -0.2) is 4.79 Å². The van der Waals surface area contributed by atoms with Crippen LogP contribution >= 0.6 is 0 Å². The van der Waals surface area contributed by atoms with E-state index in [0.717, 1.165) is 22.0 Å². The Morgan fingerprint density at radius 2 is 1.83 bits per heavy atom. The topological polar surface area (TPSA) is 75.7 Å². The molecule has 0 fully saturated rings. The van der Waals surface area contributed by atoms with Crippen molar-refractivity contribution >= 4 is 39.9 Å². The second-order valence-electron chi connectivity index (χ2n) is 6.87. The summed E-state index contributed by atoms with van der Waals surface area (Å²) in [5.74, 6) is -0.890. The summed E-state index contributed by atoms with van der Waals surface area (Å²) in [7, 11) is 0. The molecule has 0 unspecified atom stereocenters. The second kappa shape index (κ2) is 7.39. The molecule has 1 aliphatic heterocycles. The van der Waals surface area contributed by atoms with Gasteiger partial charge in [-0.1, -0.05) is 24.3 Å². The molecule has 0 saturated heterocycles. The summed E-state index contributed by atoms with van der Waals surface area (Å²) in [6.07, 6.45) is 0. The van der Waals surface area contributed by atoms with E-state index in [9.17, 15) is 14.4 Å². The van der Waals surface area contributed by atoms with Gasteiger partial charge < -0.3 is 10.1 Å². The highest BCUT2D eigenvalue weighted by Crippen LogP contribution is 2.37. The first-order chi connectivity index (χ1) is 14.0. The molecule has 29 heavy (non-hydrogen) atoms. The maximum absolute atomic E-state index is 12.8. The Labute approximate surface area is 168 Å². The van der Waals surface area contributed by atoms with Crippen LogP contribution in [0.15, 0.2) is 54.6 Å². The Morgan fingerprint density at radius 3 is 2.55 bits per heavy atom. The van der Waals surface area contributed by atoms with E-state index >= 15 is 0 Å². The van der Waals surface area contributed by atoms with Crippen molar-refractivity contribution in [2.24, 2.45) is 0 Å². The lowest BCUT2D eigenvalue weighted by molar-refractivity contribution is -0.114. The van der Waals surface area contributed by atoms with Gasteiger partial charge in [-0.2, -0.15) is 0 Å². The first-order valence-corrected chi connectivity index (χ1v) is 9.41. The highest BCUT2D eigenvalue weighted by molar-refractivity contribution is 6.26. The summed E-state index contributed by atoms with van der Waals surface area (Å²) in [4.78, 5) is 38.8. The minimum absolute atomic E-state index is 0.0916. The fourth-order valence-electron chi connectivity index (χ4n) is 3.61. The van der Waals surface area contributed by atoms with E-state index in [2.05, 4.69) is 5.32 Å². The smallest absolute Gasteiger partial charge is 0.338 e. The van der Waals surface area contributed by atoms with E-state index in [0.29, 0.717) is 23.4 Å². The van der Waals surface area contributed by atoms with Gasteiger partial charge in [-0.3, -0.25) is 14.5 Å². The number of hydrogen-bond donors (Lipinski definition) is 1. The minimum atomic E-state index is -0.401. The van der Waals surface area contributed by atoms with Gasteiger partial charge in [0.2, 0.25) is 5.91 Å². The maximum Gasteiger partial charge on any atom is 0.338 e. The van der Waals surface area contributed by atoms with Crippen LogP contribution in [0.2, 0.25) is 0 Å². The molecular formula is C23H20N2O4. The second-order valence-corrected chi connectivity index (χ2v) is 6.87. The molecule has 146 valence electrons. The number of esters is 1. The summed E-state index contributed by atoms with van der Waals surface area (Å²) in [6, 6.07) is 16.2. The lowest BCUT2D eigenvalue weighted by Gasteiger charge is -2.18.